The number of anilines is 1. The Bertz CT molecular complexity index is 523. The minimum absolute atomic E-state index is 0.0443. The van der Waals surface area contributed by atoms with Crippen molar-refractivity contribution in [2.75, 3.05) is 18.4 Å². The van der Waals surface area contributed by atoms with Gasteiger partial charge >= 0.3 is 0 Å². The van der Waals surface area contributed by atoms with E-state index in [2.05, 4.69) is 35.5 Å². The van der Waals surface area contributed by atoms with E-state index >= 15 is 0 Å². The number of hydrogen-bond acceptors (Lipinski definition) is 3. The first-order valence-corrected chi connectivity index (χ1v) is 8.30. The van der Waals surface area contributed by atoms with Crippen LogP contribution >= 0.6 is 0 Å². The van der Waals surface area contributed by atoms with Gasteiger partial charge in [0.2, 0.25) is 0 Å². The van der Waals surface area contributed by atoms with Crippen LogP contribution in [0.2, 0.25) is 0 Å². The van der Waals surface area contributed by atoms with Gasteiger partial charge in [-0.1, -0.05) is 25.5 Å². The van der Waals surface area contributed by atoms with Gasteiger partial charge in [-0.3, -0.25) is 9.78 Å². The van der Waals surface area contributed by atoms with Crippen LogP contribution in [-0.2, 0) is 0 Å². The van der Waals surface area contributed by atoms with Gasteiger partial charge in [0, 0.05) is 25.5 Å². The molecule has 4 heteroatoms. The molecule has 0 fully saturated rings. The summed E-state index contributed by atoms with van der Waals surface area (Å²) in [7, 11) is 0. The first-order valence-electron chi connectivity index (χ1n) is 8.30. The van der Waals surface area contributed by atoms with E-state index in [0.717, 1.165) is 18.7 Å². The summed E-state index contributed by atoms with van der Waals surface area (Å²) in [5.74, 6) is 0.512. The molecule has 0 atom stereocenters. The largest absolute Gasteiger partial charge is 0.384 e. The topological polar surface area (TPSA) is 54.0 Å². The van der Waals surface area contributed by atoms with Gasteiger partial charge < -0.3 is 10.6 Å². The summed E-state index contributed by atoms with van der Waals surface area (Å²) >= 11 is 0. The van der Waals surface area contributed by atoms with Crippen molar-refractivity contribution < 1.29 is 4.79 Å². The molecule has 1 aromatic rings. The first kappa shape index (κ1) is 16.5. The molecule has 0 unspecified atom stereocenters. The van der Waals surface area contributed by atoms with E-state index in [0.29, 0.717) is 18.0 Å². The number of carbonyl (C=O) groups excluding carboxylic acids is 1. The fraction of sp³-hybridized carbons (Fsp3) is 0.556. The van der Waals surface area contributed by atoms with Gasteiger partial charge in [-0.05, 0) is 44.1 Å². The number of hydrogen-bond donors (Lipinski definition) is 2. The molecule has 1 aromatic heterocycles. The lowest BCUT2D eigenvalue weighted by Crippen LogP contribution is -2.25. The Balaban J connectivity index is 1.81. The molecule has 22 heavy (non-hydrogen) atoms. The molecule has 0 radical (unpaired) electrons. The SMILES string of the molecule is CC(C)CNc1cncc(C(=O)NCCC2=CCCCC2)c1. The van der Waals surface area contributed by atoms with Crippen molar-refractivity contribution in [1.82, 2.24) is 10.3 Å². The number of nitrogens with zero attached hydrogens (tertiary/aromatic N) is 1. The maximum Gasteiger partial charge on any atom is 0.252 e. The van der Waals surface area contributed by atoms with Gasteiger partial charge in [-0.15, -0.1) is 0 Å². The Morgan fingerprint density at radius 3 is 2.91 bits per heavy atom. The van der Waals surface area contributed by atoms with Crippen LogP contribution < -0.4 is 10.6 Å². The molecule has 2 rings (SSSR count). The van der Waals surface area contributed by atoms with Crippen LogP contribution in [0.5, 0.6) is 0 Å². The number of aromatic nitrogens is 1. The van der Waals surface area contributed by atoms with Crippen molar-refractivity contribution >= 4 is 11.6 Å². The van der Waals surface area contributed by atoms with Crippen LogP contribution in [0, 0.1) is 5.92 Å². The third-order valence-corrected chi connectivity index (χ3v) is 3.83. The second-order valence-electron chi connectivity index (χ2n) is 6.35. The Kier molecular flexibility index (Phi) is 6.44. The lowest BCUT2D eigenvalue weighted by atomic mass is 9.97. The van der Waals surface area contributed by atoms with Crippen LogP contribution in [0.1, 0.15) is 56.3 Å². The molecule has 2 N–H and O–H groups in total. The predicted octanol–water partition coefficient (Wildman–Crippen LogP) is 3.77. The van der Waals surface area contributed by atoms with E-state index in [1.807, 2.05) is 6.07 Å². The van der Waals surface area contributed by atoms with Crippen LogP contribution in [0.25, 0.3) is 0 Å². The highest BCUT2D eigenvalue weighted by Crippen LogP contribution is 2.19. The lowest BCUT2D eigenvalue weighted by Gasteiger charge is -2.13. The maximum absolute atomic E-state index is 12.2. The highest BCUT2D eigenvalue weighted by atomic mass is 16.1. The van der Waals surface area contributed by atoms with Gasteiger partial charge in [0.25, 0.3) is 5.91 Å². The van der Waals surface area contributed by atoms with E-state index in [4.69, 9.17) is 0 Å². The lowest BCUT2D eigenvalue weighted by molar-refractivity contribution is 0.0953. The number of pyridine rings is 1. The van der Waals surface area contributed by atoms with E-state index in [1.165, 1.54) is 31.3 Å². The number of allylic oxidation sites excluding steroid dienone is 1. The van der Waals surface area contributed by atoms with E-state index < -0.39 is 0 Å². The average Bonchev–Trinajstić information content (AvgIpc) is 2.54. The van der Waals surface area contributed by atoms with E-state index in [9.17, 15) is 4.79 Å². The smallest absolute Gasteiger partial charge is 0.252 e. The second kappa shape index (κ2) is 8.57. The highest BCUT2D eigenvalue weighted by Gasteiger charge is 2.08. The van der Waals surface area contributed by atoms with Crippen molar-refractivity contribution in [2.24, 2.45) is 5.92 Å². The molecule has 0 aromatic carbocycles. The molecule has 1 aliphatic rings. The summed E-state index contributed by atoms with van der Waals surface area (Å²) < 4.78 is 0. The molecule has 0 saturated carbocycles. The summed E-state index contributed by atoms with van der Waals surface area (Å²) in [6, 6.07) is 1.87. The zero-order valence-corrected chi connectivity index (χ0v) is 13.7. The standard InChI is InChI=1S/C18H27N3O/c1-14(2)11-21-17-10-16(12-19-13-17)18(22)20-9-8-15-6-4-3-5-7-15/h6,10,12-14,21H,3-5,7-9,11H2,1-2H3,(H,20,22). The summed E-state index contributed by atoms with van der Waals surface area (Å²) in [6.45, 7) is 5.88. The fourth-order valence-electron chi connectivity index (χ4n) is 2.55. The normalized spacial score (nSPS) is 14.6. The molecule has 120 valence electrons. The summed E-state index contributed by atoms with van der Waals surface area (Å²) in [6.07, 6.45) is 11.6. The Labute approximate surface area is 133 Å². The molecule has 1 amide bonds. The van der Waals surface area contributed by atoms with Crippen molar-refractivity contribution in [3.05, 3.63) is 35.7 Å². The second-order valence-corrected chi connectivity index (χ2v) is 6.35. The van der Waals surface area contributed by atoms with Crippen molar-refractivity contribution in [1.29, 1.82) is 0 Å². The number of amides is 1. The number of carbonyl (C=O) groups is 1. The zero-order chi connectivity index (χ0) is 15.8. The summed E-state index contributed by atoms with van der Waals surface area (Å²) in [5, 5.41) is 6.29. The molecule has 0 spiro atoms. The van der Waals surface area contributed by atoms with Gasteiger partial charge in [0.15, 0.2) is 0 Å². The van der Waals surface area contributed by atoms with Gasteiger partial charge in [0.05, 0.1) is 11.3 Å². The summed E-state index contributed by atoms with van der Waals surface area (Å²) in [5.41, 5.74) is 3.00. The predicted molar refractivity (Wildman–Crippen MR) is 91.1 cm³/mol. The molecule has 0 aliphatic heterocycles. The zero-order valence-electron chi connectivity index (χ0n) is 13.7. The monoisotopic (exact) mass is 301 g/mol. The van der Waals surface area contributed by atoms with Crippen molar-refractivity contribution in [2.45, 2.75) is 46.0 Å². The minimum atomic E-state index is -0.0443. The quantitative estimate of drug-likeness (QED) is 0.754. The van der Waals surface area contributed by atoms with E-state index in [1.54, 1.807) is 12.4 Å². The molecule has 1 heterocycles. The average molecular weight is 301 g/mol. The van der Waals surface area contributed by atoms with Crippen molar-refractivity contribution in [3.8, 4) is 0 Å². The Morgan fingerprint density at radius 1 is 1.32 bits per heavy atom. The molecule has 0 bridgehead atoms. The maximum atomic E-state index is 12.2. The Hall–Kier alpha value is -1.84. The van der Waals surface area contributed by atoms with Crippen LogP contribution in [-0.4, -0.2) is 24.0 Å². The van der Waals surface area contributed by atoms with Gasteiger partial charge in [-0.2, -0.15) is 0 Å². The molecule has 0 saturated heterocycles. The van der Waals surface area contributed by atoms with Crippen LogP contribution in [0.3, 0.4) is 0 Å². The number of rotatable bonds is 7. The van der Waals surface area contributed by atoms with Crippen molar-refractivity contribution in [3.63, 3.8) is 0 Å². The summed E-state index contributed by atoms with van der Waals surface area (Å²) in [4.78, 5) is 16.3. The Morgan fingerprint density at radius 2 is 2.18 bits per heavy atom. The first-order chi connectivity index (χ1) is 10.6. The molecule has 1 aliphatic carbocycles. The molecule has 4 nitrogen and oxygen atoms in total. The van der Waals surface area contributed by atoms with Crippen LogP contribution in [0.4, 0.5) is 5.69 Å². The highest BCUT2D eigenvalue weighted by molar-refractivity contribution is 5.94. The van der Waals surface area contributed by atoms with E-state index in [-0.39, 0.29) is 5.91 Å². The third-order valence-electron chi connectivity index (χ3n) is 3.83. The molecular formula is C18H27N3O. The fourth-order valence-corrected chi connectivity index (χ4v) is 2.55. The third kappa shape index (κ3) is 5.51. The van der Waals surface area contributed by atoms with Gasteiger partial charge in [0.1, 0.15) is 0 Å². The number of nitrogens with one attached hydrogen (secondary N) is 2. The minimum Gasteiger partial charge on any atom is -0.384 e. The van der Waals surface area contributed by atoms with Crippen LogP contribution in [0.15, 0.2) is 30.1 Å². The molecular weight excluding hydrogens is 274 g/mol. The van der Waals surface area contributed by atoms with Gasteiger partial charge in [-0.25, -0.2) is 0 Å².